The molecule has 5 nitrogen and oxygen atoms in total. The predicted octanol–water partition coefficient (Wildman–Crippen LogP) is 0.807. The number of carbonyl (C=O) groups excluding carboxylic acids is 1. The molecule has 0 bridgehead atoms. The van der Waals surface area contributed by atoms with E-state index in [9.17, 15) is 4.79 Å². The van der Waals surface area contributed by atoms with Gasteiger partial charge in [0, 0.05) is 31.1 Å². The van der Waals surface area contributed by atoms with Crippen LogP contribution in [-0.4, -0.2) is 39.3 Å². The highest BCUT2D eigenvalue weighted by Gasteiger charge is 2.22. The number of methoxy groups -OCH3 is 1. The van der Waals surface area contributed by atoms with E-state index < -0.39 is 0 Å². The maximum absolute atomic E-state index is 12.1. The van der Waals surface area contributed by atoms with Gasteiger partial charge in [-0.25, -0.2) is 0 Å². The zero-order chi connectivity index (χ0) is 13.9. The minimum atomic E-state index is -0.0506. The second-order valence-corrected chi connectivity index (χ2v) is 5.07. The Bertz CT molecular complexity index is 550. The third-order valence-corrected chi connectivity index (χ3v) is 3.64. The van der Waals surface area contributed by atoms with Gasteiger partial charge in [-0.15, -0.1) is 0 Å². The molecule has 20 heavy (non-hydrogen) atoms. The van der Waals surface area contributed by atoms with Crippen LogP contribution in [0.25, 0.3) is 6.08 Å². The number of rotatable bonds is 4. The Morgan fingerprint density at radius 1 is 1.50 bits per heavy atom. The van der Waals surface area contributed by atoms with Gasteiger partial charge in [-0.2, -0.15) is 0 Å². The van der Waals surface area contributed by atoms with Crippen LogP contribution < -0.4 is 20.1 Å². The lowest BCUT2D eigenvalue weighted by Gasteiger charge is -2.27. The standard InChI is InChI=1S/C15H18N2O3/c1-19-13-4-2-3-11-5-12(9-20-14(11)13)15(18)17-8-10-6-16-7-10/h2-5,10,16H,6-9H2,1H3,(H,17,18). The maximum atomic E-state index is 12.1. The second-order valence-electron chi connectivity index (χ2n) is 5.07. The molecule has 0 atom stereocenters. The van der Waals surface area contributed by atoms with Gasteiger partial charge >= 0.3 is 0 Å². The summed E-state index contributed by atoms with van der Waals surface area (Å²) in [5.74, 6) is 1.90. The fourth-order valence-electron chi connectivity index (χ4n) is 2.32. The largest absolute Gasteiger partial charge is 0.493 e. The first-order valence-electron chi connectivity index (χ1n) is 6.77. The third kappa shape index (κ3) is 2.49. The van der Waals surface area contributed by atoms with E-state index in [0.29, 0.717) is 29.5 Å². The molecule has 0 spiro atoms. The molecule has 1 saturated heterocycles. The zero-order valence-corrected chi connectivity index (χ0v) is 11.4. The minimum Gasteiger partial charge on any atom is -0.493 e. The van der Waals surface area contributed by atoms with Crippen molar-refractivity contribution in [3.05, 3.63) is 29.3 Å². The Hall–Kier alpha value is -2.01. The Morgan fingerprint density at radius 2 is 2.35 bits per heavy atom. The summed E-state index contributed by atoms with van der Waals surface area (Å²) in [5, 5.41) is 6.14. The summed E-state index contributed by atoms with van der Waals surface area (Å²) in [6.07, 6.45) is 1.87. The first-order chi connectivity index (χ1) is 9.78. The predicted molar refractivity (Wildman–Crippen MR) is 75.8 cm³/mol. The molecule has 2 aliphatic heterocycles. The van der Waals surface area contributed by atoms with Crippen molar-refractivity contribution in [1.29, 1.82) is 0 Å². The smallest absolute Gasteiger partial charge is 0.250 e. The molecular weight excluding hydrogens is 256 g/mol. The summed E-state index contributed by atoms with van der Waals surface area (Å²) in [4.78, 5) is 12.1. The van der Waals surface area contributed by atoms with E-state index in [4.69, 9.17) is 9.47 Å². The van der Waals surface area contributed by atoms with E-state index in [-0.39, 0.29) is 12.5 Å². The van der Waals surface area contributed by atoms with Crippen LogP contribution in [0.1, 0.15) is 5.56 Å². The average molecular weight is 274 g/mol. The van der Waals surface area contributed by atoms with Crippen molar-refractivity contribution in [2.75, 3.05) is 33.4 Å². The lowest BCUT2D eigenvalue weighted by molar-refractivity contribution is -0.118. The van der Waals surface area contributed by atoms with E-state index in [2.05, 4.69) is 10.6 Å². The number of benzene rings is 1. The minimum absolute atomic E-state index is 0.0506. The number of carbonyl (C=O) groups is 1. The van der Waals surface area contributed by atoms with E-state index in [1.807, 2.05) is 24.3 Å². The molecule has 106 valence electrons. The van der Waals surface area contributed by atoms with Crippen LogP contribution in [0.3, 0.4) is 0 Å². The Balaban J connectivity index is 1.71. The van der Waals surface area contributed by atoms with Crippen LogP contribution in [-0.2, 0) is 4.79 Å². The molecule has 2 aliphatic rings. The highest BCUT2D eigenvalue weighted by atomic mass is 16.5. The lowest BCUT2D eigenvalue weighted by atomic mass is 10.0. The number of hydrogen-bond donors (Lipinski definition) is 2. The van der Waals surface area contributed by atoms with Crippen LogP contribution in [0, 0.1) is 5.92 Å². The molecule has 1 amide bonds. The number of nitrogens with one attached hydrogen (secondary N) is 2. The quantitative estimate of drug-likeness (QED) is 0.853. The van der Waals surface area contributed by atoms with Gasteiger partial charge in [-0.1, -0.05) is 12.1 Å². The van der Waals surface area contributed by atoms with Crippen molar-refractivity contribution in [2.24, 2.45) is 5.92 Å². The normalized spacial score (nSPS) is 17.4. The van der Waals surface area contributed by atoms with Crippen molar-refractivity contribution in [2.45, 2.75) is 0 Å². The van der Waals surface area contributed by atoms with Crippen LogP contribution in [0.15, 0.2) is 23.8 Å². The molecular formula is C15H18N2O3. The summed E-state index contributed by atoms with van der Waals surface area (Å²) < 4.78 is 10.9. The maximum Gasteiger partial charge on any atom is 0.250 e. The van der Waals surface area contributed by atoms with Gasteiger partial charge in [-0.3, -0.25) is 4.79 Å². The molecule has 3 rings (SSSR count). The summed E-state index contributed by atoms with van der Waals surface area (Å²) in [5.41, 5.74) is 1.53. The van der Waals surface area contributed by atoms with Crippen LogP contribution in [0.5, 0.6) is 11.5 Å². The van der Waals surface area contributed by atoms with E-state index in [1.165, 1.54) is 0 Å². The molecule has 0 unspecified atom stereocenters. The lowest BCUT2D eigenvalue weighted by Crippen LogP contribution is -2.48. The van der Waals surface area contributed by atoms with Crippen LogP contribution >= 0.6 is 0 Å². The fraction of sp³-hybridized carbons (Fsp3) is 0.400. The fourth-order valence-corrected chi connectivity index (χ4v) is 2.32. The summed E-state index contributed by atoms with van der Waals surface area (Å²) in [6, 6.07) is 5.65. The average Bonchev–Trinajstić information content (AvgIpc) is 2.44. The monoisotopic (exact) mass is 274 g/mol. The number of para-hydroxylation sites is 1. The van der Waals surface area contributed by atoms with Crippen molar-refractivity contribution in [3.8, 4) is 11.5 Å². The van der Waals surface area contributed by atoms with E-state index >= 15 is 0 Å². The van der Waals surface area contributed by atoms with Crippen molar-refractivity contribution >= 4 is 12.0 Å². The van der Waals surface area contributed by atoms with Crippen molar-refractivity contribution in [1.82, 2.24) is 10.6 Å². The zero-order valence-electron chi connectivity index (χ0n) is 11.4. The molecule has 0 saturated carbocycles. The molecule has 0 aliphatic carbocycles. The highest BCUT2D eigenvalue weighted by molar-refractivity contribution is 5.99. The Kier molecular flexibility index (Phi) is 3.60. The topological polar surface area (TPSA) is 59.6 Å². The molecule has 0 radical (unpaired) electrons. The van der Waals surface area contributed by atoms with Gasteiger partial charge in [0.25, 0.3) is 5.91 Å². The third-order valence-electron chi connectivity index (χ3n) is 3.64. The number of ether oxygens (including phenoxy) is 2. The van der Waals surface area contributed by atoms with Gasteiger partial charge in [0.1, 0.15) is 6.61 Å². The summed E-state index contributed by atoms with van der Waals surface area (Å²) in [6.45, 7) is 2.96. The molecule has 5 heteroatoms. The highest BCUT2D eigenvalue weighted by Crippen LogP contribution is 2.35. The van der Waals surface area contributed by atoms with E-state index in [1.54, 1.807) is 7.11 Å². The molecule has 2 N–H and O–H groups in total. The number of hydrogen-bond acceptors (Lipinski definition) is 4. The van der Waals surface area contributed by atoms with Crippen molar-refractivity contribution < 1.29 is 14.3 Å². The van der Waals surface area contributed by atoms with Gasteiger partial charge in [0.05, 0.1) is 12.7 Å². The summed E-state index contributed by atoms with van der Waals surface area (Å²) in [7, 11) is 1.61. The molecule has 1 fully saturated rings. The van der Waals surface area contributed by atoms with Crippen LogP contribution in [0.2, 0.25) is 0 Å². The Morgan fingerprint density at radius 3 is 3.05 bits per heavy atom. The SMILES string of the molecule is COc1cccc2c1OCC(C(=O)NCC1CNC1)=C2. The first-order valence-corrected chi connectivity index (χ1v) is 6.77. The molecule has 1 aromatic carbocycles. The number of amides is 1. The van der Waals surface area contributed by atoms with Gasteiger partial charge < -0.3 is 20.1 Å². The molecule has 2 heterocycles. The van der Waals surface area contributed by atoms with Gasteiger partial charge in [0.2, 0.25) is 0 Å². The van der Waals surface area contributed by atoms with Gasteiger partial charge in [0.15, 0.2) is 11.5 Å². The first kappa shape index (κ1) is 13.0. The van der Waals surface area contributed by atoms with Gasteiger partial charge in [-0.05, 0) is 12.1 Å². The van der Waals surface area contributed by atoms with Crippen LogP contribution in [0.4, 0.5) is 0 Å². The van der Waals surface area contributed by atoms with E-state index in [0.717, 1.165) is 18.7 Å². The second kappa shape index (κ2) is 5.54. The molecule has 0 aromatic heterocycles. The Labute approximate surface area is 118 Å². The van der Waals surface area contributed by atoms with Crippen molar-refractivity contribution in [3.63, 3.8) is 0 Å². The number of fused-ring (bicyclic) bond motifs is 1. The summed E-state index contributed by atoms with van der Waals surface area (Å²) >= 11 is 0. The molecule has 1 aromatic rings.